The Morgan fingerprint density at radius 1 is 0.967 bits per heavy atom. The fraction of sp³-hybridized carbons (Fsp3) is 0.208. The summed E-state index contributed by atoms with van der Waals surface area (Å²) in [6, 6.07) is 23.8. The molecule has 2 N–H and O–H groups in total. The van der Waals surface area contributed by atoms with Crippen molar-refractivity contribution in [1.29, 1.82) is 0 Å². The van der Waals surface area contributed by atoms with Gasteiger partial charge < -0.3 is 24.8 Å². The highest BCUT2D eigenvalue weighted by Crippen LogP contribution is 2.18. The molecule has 0 aliphatic heterocycles. The quantitative estimate of drug-likeness (QED) is 0.508. The van der Waals surface area contributed by atoms with Crippen LogP contribution >= 0.6 is 0 Å². The van der Waals surface area contributed by atoms with Crippen LogP contribution in [0, 0.1) is 0 Å². The molecule has 0 saturated heterocycles. The van der Waals surface area contributed by atoms with E-state index in [1.165, 1.54) is 4.90 Å². The molecular weight excluding hydrogens is 380 g/mol. The number of ether oxygens (including phenoxy) is 2. The SMILES string of the molecule is CN(Cc1ccccc1O)C(=O)Nc1cccc(COCCOc2ccccc2)c1. The van der Waals surface area contributed by atoms with Crippen molar-refractivity contribution in [2.45, 2.75) is 13.2 Å². The first kappa shape index (κ1) is 21.2. The van der Waals surface area contributed by atoms with Gasteiger partial charge in [-0.15, -0.1) is 0 Å². The Hall–Kier alpha value is -3.51. The number of urea groups is 1. The first-order chi connectivity index (χ1) is 14.6. The van der Waals surface area contributed by atoms with E-state index in [1.54, 1.807) is 25.2 Å². The molecule has 0 unspecified atom stereocenters. The fourth-order valence-electron chi connectivity index (χ4n) is 2.85. The van der Waals surface area contributed by atoms with Crippen molar-refractivity contribution < 1.29 is 19.4 Å². The zero-order valence-corrected chi connectivity index (χ0v) is 17.0. The van der Waals surface area contributed by atoms with Gasteiger partial charge in [-0.3, -0.25) is 0 Å². The van der Waals surface area contributed by atoms with Crippen LogP contribution in [-0.4, -0.2) is 36.3 Å². The summed E-state index contributed by atoms with van der Waals surface area (Å²) in [6.07, 6.45) is 0. The van der Waals surface area contributed by atoms with Crippen molar-refractivity contribution in [2.24, 2.45) is 0 Å². The molecule has 3 aromatic carbocycles. The van der Waals surface area contributed by atoms with E-state index in [1.807, 2.05) is 60.7 Å². The first-order valence-electron chi connectivity index (χ1n) is 9.75. The monoisotopic (exact) mass is 406 g/mol. The van der Waals surface area contributed by atoms with Gasteiger partial charge in [0.25, 0.3) is 0 Å². The number of carbonyl (C=O) groups is 1. The second kappa shape index (κ2) is 10.9. The summed E-state index contributed by atoms with van der Waals surface area (Å²) in [7, 11) is 1.68. The van der Waals surface area contributed by atoms with E-state index in [0.717, 1.165) is 11.3 Å². The molecule has 30 heavy (non-hydrogen) atoms. The average Bonchev–Trinajstić information content (AvgIpc) is 2.76. The summed E-state index contributed by atoms with van der Waals surface area (Å²) in [5.74, 6) is 0.992. The lowest BCUT2D eigenvalue weighted by Crippen LogP contribution is -2.30. The third-order valence-electron chi connectivity index (χ3n) is 4.43. The lowest BCUT2D eigenvalue weighted by atomic mass is 10.2. The van der Waals surface area contributed by atoms with Gasteiger partial charge in [0.05, 0.1) is 19.8 Å². The molecule has 0 aromatic heterocycles. The zero-order chi connectivity index (χ0) is 21.2. The van der Waals surface area contributed by atoms with Crippen LogP contribution in [0.1, 0.15) is 11.1 Å². The van der Waals surface area contributed by atoms with Crippen LogP contribution in [0.5, 0.6) is 11.5 Å². The molecule has 156 valence electrons. The number of rotatable bonds is 9. The van der Waals surface area contributed by atoms with Crippen molar-refractivity contribution in [3.8, 4) is 11.5 Å². The third kappa shape index (κ3) is 6.53. The van der Waals surface area contributed by atoms with Crippen molar-refractivity contribution in [1.82, 2.24) is 4.90 Å². The second-order valence-corrected chi connectivity index (χ2v) is 6.83. The van der Waals surface area contributed by atoms with Gasteiger partial charge in [0.2, 0.25) is 0 Å². The highest BCUT2D eigenvalue weighted by Gasteiger charge is 2.11. The predicted molar refractivity (Wildman–Crippen MR) is 117 cm³/mol. The summed E-state index contributed by atoms with van der Waals surface area (Å²) >= 11 is 0. The van der Waals surface area contributed by atoms with Crippen LogP contribution in [-0.2, 0) is 17.9 Å². The Balaban J connectivity index is 1.44. The molecule has 0 spiro atoms. The number of amides is 2. The first-order valence-corrected chi connectivity index (χ1v) is 9.75. The molecule has 6 heteroatoms. The highest BCUT2D eigenvalue weighted by molar-refractivity contribution is 5.89. The summed E-state index contributed by atoms with van der Waals surface area (Å²) in [4.78, 5) is 14.0. The van der Waals surface area contributed by atoms with Crippen LogP contribution in [0.2, 0.25) is 0 Å². The number of benzene rings is 3. The number of anilines is 1. The van der Waals surface area contributed by atoms with E-state index in [4.69, 9.17) is 9.47 Å². The number of phenolic OH excluding ortho intramolecular Hbond substituents is 1. The molecule has 0 aliphatic carbocycles. The Morgan fingerprint density at radius 3 is 2.53 bits per heavy atom. The van der Waals surface area contributed by atoms with E-state index in [0.29, 0.717) is 37.6 Å². The number of aromatic hydroxyl groups is 1. The van der Waals surface area contributed by atoms with Gasteiger partial charge in [0.1, 0.15) is 18.1 Å². The molecule has 2 amide bonds. The summed E-state index contributed by atoms with van der Waals surface area (Å²) in [5.41, 5.74) is 2.33. The summed E-state index contributed by atoms with van der Waals surface area (Å²) in [5, 5.41) is 12.7. The van der Waals surface area contributed by atoms with Crippen LogP contribution in [0.25, 0.3) is 0 Å². The van der Waals surface area contributed by atoms with Gasteiger partial charge in [0.15, 0.2) is 0 Å². The maximum absolute atomic E-state index is 12.5. The number of hydrogen-bond donors (Lipinski definition) is 2. The molecule has 3 aromatic rings. The molecule has 0 aliphatic rings. The average molecular weight is 406 g/mol. The van der Waals surface area contributed by atoms with E-state index >= 15 is 0 Å². The Labute approximate surface area is 176 Å². The van der Waals surface area contributed by atoms with Gasteiger partial charge in [-0.1, -0.05) is 48.5 Å². The predicted octanol–water partition coefficient (Wildman–Crippen LogP) is 4.65. The van der Waals surface area contributed by atoms with Crippen molar-refractivity contribution >= 4 is 11.7 Å². The Kier molecular flexibility index (Phi) is 7.69. The number of nitrogens with zero attached hydrogens (tertiary/aromatic N) is 1. The number of carbonyl (C=O) groups excluding carboxylic acids is 1. The minimum atomic E-state index is -0.257. The zero-order valence-electron chi connectivity index (χ0n) is 17.0. The highest BCUT2D eigenvalue weighted by atomic mass is 16.5. The maximum Gasteiger partial charge on any atom is 0.321 e. The van der Waals surface area contributed by atoms with Gasteiger partial charge in [-0.05, 0) is 35.9 Å². The van der Waals surface area contributed by atoms with Crippen LogP contribution in [0.15, 0.2) is 78.9 Å². The summed E-state index contributed by atoms with van der Waals surface area (Å²) in [6.45, 7) is 1.67. The molecule has 6 nitrogen and oxygen atoms in total. The summed E-state index contributed by atoms with van der Waals surface area (Å²) < 4.78 is 11.3. The van der Waals surface area contributed by atoms with E-state index in [2.05, 4.69) is 5.32 Å². The molecule has 0 saturated carbocycles. The van der Waals surface area contributed by atoms with Crippen molar-refractivity contribution in [3.05, 3.63) is 90.0 Å². The van der Waals surface area contributed by atoms with Gasteiger partial charge in [-0.2, -0.15) is 0 Å². The van der Waals surface area contributed by atoms with E-state index in [9.17, 15) is 9.90 Å². The molecular formula is C24H26N2O4. The smallest absolute Gasteiger partial charge is 0.321 e. The second-order valence-electron chi connectivity index (χ2n) is 6.83. The normalized spacial score (nSPS) is 10.4. The van der Waals surface area contributed by atoms with Crippen molar-refractivity contribution in [3.63, 3.8) is 0 Å². The van der Waals surface area contributed by atoms with Gasteiger partial charge in [0, 0.05) is 18.3 Å². The van der Waals surface area contributed by atoms with Gasteiger partial charge >= 0.3 is 6.03 Å². The van der Waals surface area contributed by atoms with E-state index < -0.39 is 0 Å². The van der Waals surface area contributed by atoms with Crippen LogP contribution < -0.4 is 10.1 Å². The number of phenols is 1. The third-order valence-corrected chi connectivity index (χ3v) is 4.43. The minimum Gasteiger partial charge on any atom is -0.508 e. The Morgan fingerprint density at radius 2 is 1.73 bits per heavy atom. The molecule has 0 radical (unpaired) electrons. The van der Waals surface area contributed by atoms with E-state index in [-0.39, 0.29) is 11.8 Å². The standard InChI is InChI=1S/C24H26N2O4/c1-26(17-20-9-5-6-13-23(20)27)24(28)25-21-10-7-8-19(16-21)18-29-14-15-30-22-11-3-2-4-12-22/h2-13,16,27H,14-15,17-18H2,1H3,(H,25,28). The molecule has 3 rings (SSSR count). The lowest BCUT2D eigenvalue weighted by Gasteiger charge is -2.19. The molecule has 0 heterocycles. The Bertz CT molecular complexity index is 947. The molecule has 0 bridgehead atoms. The topological polar surface area (TPSA) is 71.0 Å². The van der Waals surface area contributed by atoms with Crippen LogP contribution in [0.3, 0.4) is 0 Å². The molecule has 0 atom stereocenters. The number of para-hydroxylation sites is 2. The van der Waals surface area contributed by atoms with Gasteiger partial charge in [-0.25, -0.2) is 4.79 Å². The lowest BCUT2D eigenvalue weighted by molar-refractivity contribution is 0.0889. The number of hydrogen-bond acceptors (Lipinski definition) is 4. The largest absolute Gasteiger partial charge is 0.508 e. The number of nitrogens with one attached hydrogen (secondary N) is 1. The minimum absolute atomic E-state index is 0.174. The molecule has 0 fully saturated rings. The maximum atomic E-state index is 12.5. The van der Waals surface area contributed by atoms with Crippen LogP contribution in [0.4, 0.5) is 10.5 Å². The van der Waals surface area contributed by atoms with Crippen molar-refractivity contribution in [2.75, 3.05) is 25.6 Å². The fourth-order valence-corrected chi connectivity index (χ4v) is 2.85.